The van der Waals surface area contributed by atoms with Crippen LogP contribution >= 0.6 is 0 Å². The lowest BCUT2D eigenvalue weighted by molar-refractivity contribution is -0.162. The summed E-state index contributed by atoms with van der Waals surface area (Å²) in [6, 6.07) is 0. The van der Waals surface area contributed by atoms with Crippen molar-refractivity contribution in [2.24, 2.45) is 11.3 Å². The number of likely N-dealkylation sites (tertiary alicyclic amines) is 1. The van der Waals surface area contributed by atoms with Crippen molar-refractivity contribution in [3.05, 3.63) is 0 Å². The fourth-order valence-corrected chi connectivity index (χ4v) is 3.35. The van der Waals surface area contributed by atoms with Crippen LogP contribution in [0.4, 0.5) is 0 Å². The Balaban J connectivity index is 2.06. The highest BCUT2D eigenvalue weighted by Crippen LogP contribution is 2.42. The van der Waals surface area contributed by atoms with Crippen LogP contribution in [-0.4, -0.2) is 34.6 Å². The van der Waals surface area contributed by atoms with Gasteiger partial charge in [0, 0.05) is 13.1 Å². The van der Waals surface area contributed by atoms with Crippen molar-refractivity contribution in [2.75, 3.05) is 13.1 Å². The molecule has 0 bridgehead atoms. The maximum Gasteiger partial charge on any atom is 0.324 e. The minimum absolute atomic E-state index is 0.306. The number of carbonyl (C=O) groups is 1. The third kappa shape index (κ3) is 2.42. The van der Waals surface area contributed by atoms with Crippen LogP contribution in [0.25, 0.3) is 0 Å². The lowest BCUT2D eigenvalue weighted by Gasteiger charge is -2.54. The van der Waals surface area contributed by atoms with E-state index in [2.05, 4.69) is 25.7 Å². The number of hydrogen-bond donors (Lipinski definition) is 1. The topological polar surface area (TPSA) is 40.5 Å². The Bertz CT molecular complexity index is 305. The second kappa shape index (κ2) is 4.84. The maximum atomic E-state index is 11.8. The molecular formula is C15H27NO2. The summed E-state index contributed by atoms with van der Waals surface area (Å²) in [6.07, 6.45) is 6.24. The molecule has 0 aromatic rings. The number of hydrogen-bond acceptors (Lipinski definition) is 2. The third-order valence-corrected chi connectivity index (χ3v) is 5.04. The molecule has 1 N–H and O–H groups in total. The molecule has 0 aromatic heterocycles. The van der Waals surface area contributed by atoms with Gasteiger partial charge in [-0.2, -0.15) is 0 Å². The van der Waals surface area contributed by atoms with Crippen molar-refractivity contribution in [3.63, 3.8) is 0 Å². The van der Waals surface area contributed by atoms with E-state index in [0.29, 0.717) is 11.3 Å². The van der Waals surface area contributed by atoms with Crippen LogP contribution in [0.15, 0.2) is 0 Å². The molecule has 0 unspecified atom stereocenters. The van der Waals surface area contributed by atoms with E-state index in [-0.39, 0.29) is 0 Å². The second-order valence-corrected chi connectivity index (χ2v) is 7.22. The first-order valence-corrected chi connectivity index (χ1v) is 7.35. The van der Waals surface area contributed by atoms with Gasteiger partial charge in [-0.25, -0.2) is 0 Å². The van der Waals surface area contributed by atoms with Gasteiger partial charge in [-0.1, -0.05) is 46.5 Å². The number of nitrogens with zero attached hydrogens (tertiary/aromatic N) is 1. The zero-order chi connectivity index (χ0) is 13.4. The molecule has 0 aromatic carbocycles. The molecule has 0 radical (unpaired) electrons. The predicted octanol–water partition coefficient (Wildman–Crippen LogP) is 3.14. The summed E-state index contributed by atoms with van der Waals surface area (Å²) in [5.74, 6) is 0.0636. The summed E-state index contributed by atoms with van der Waals surface area (Å²) in [6.45, 7) is 8.71. The quantitative estimate of drug-likeness (QED) is 0.769. The zero-order valence-corrected chi connectivity index (χ0v) is 12.0. The van der Waals surface area contributed by atoms with E-state index in [1.54, 1.807) is 0 Å². The fourth-order valence-electron chi connectivity index (χ4n) is 3.35. The van der Waals surface area contributed by atoms with Crippen LogP contribution in [0.2, 0.25) is 0 Å². The van der Waals surface area contributed by atoms with Crippen LogP contribution in [0.3, 0.4) is 0 Å². The largest absolute Gasteiger partial charge is 0.480 e. The summed E-state index contributed by atoms with van der Waals surface area (Å²) in [4.78, 5) is 14.0. The van der Waals surface area contributed by atoms with E-state index in [4.69, 9.17) is 0 Å². The highest BCUT2D eigenvalue weighted by molar-refractivity contribution is 5.79. The Morgan fingerprint density at radius 3 is 2.00 bits per heavy atom. The van der Waals surface area contributed by atoms with E-state index >= 15 is 0 Å². The van der Waals surface area contributed by atoms with E-state index in [1.165, 1.54) is 12.8 Å². The average molecular weight is 253 g/mol. The molecule has 104 valence electrons. The molecule has 0 amide bonds. The molecule has 0 spiro atoms. The number of carboxylic acids is 1. The average Bonchev–Trinajstić information content (AvgIpc) is 2.39. The van der Waals surface area contributed by atoms with Crippen LogP contribution in [0.5, 0.6) is 0 Å². The summed E-state index contributed by atoms with van der Waals surface area (Å²) in [5.41, 5.74) is -0.237. The smallest absolute Gasteiger partial charge is 0.324 e. The number of carboxylic acid groups (broad SMARTS) is 1. The van der Waals surface area contributed by atoms with Gasteiger partial charge < -0.3 is 5.11 Å². The lowest BCUT2D eigenvalue weighted by atomic mass is 9.72. The van der Waals surface area contributed by atoms with Crippen LogP contribution < -0.4 is 0 Å². The summed E-state index contributed by atoms with van der Waals surface area (Å²) >= 11 is 0. The number of aliphatic carboxylic acids is 1. The molecule has 3 nitrogen and oxygen atoms in total. The zero-order valence-electron chi connectivity index (χ0n) is 12.0. The first-order chi connectivity index (χ1) is 8.36. The van der Waals surface area contributed by atoms with Crippen LogP contribution in [0, 0.1) is 11.3 Å². The van der Waals surface area contributed by atoms with Crippen molar-refractivity contribution in [2.45, 2.75) is 64.8 Å². The minimum atomic E-state index is -0.586. The molecule has 2 rings (SSSR count). The van der Waals surface area contributed by atoms with Gasteiger partial charge in [-0.15, -0.1) is 0 Å². The molecule has 1 heterocycles. The monoisotopic (exact) mass is 253 g/mol. The van der Waals surface area contributed by atoms with Gasteiger partial charge in [0.1, 0.15) is 5.54 Å². The molecule has 1 aliphatic heterocycles. The van der Waals surface area contributed by atoms with E-state index in [1.807, 2.05) is 0 Å². The highest BCUT2D eigenvalue weighted by atomic mass is 16.4. The summed E-state index contributed by atoms with van der Waals surface area (Å²) < 4.78 is 0. The van der Waals surface area contributed by atoms with Crippen molar-refractivity contribution >= 4 is 5.97 Å². The first kappa shape index (κ1) is 13.9. The fraction of sp³-hybridized carbons (Fsp3) is 0.933. The Kier molecular flexibility index (Phi) is 3.72. The maximum absolute atomic E-state index is 11.8. The van der Waals surface area contributed by atoms with E-state index in [0.717, 1.165) is 38.8 Å². The van der Waals surface area contributed by atoms with Crippen molar-refractivity contribution in [1.29, 1.82) is 0 Å². The Hall–Kier alpha value is -0.570. The number of rotatable bonds is 2. The molecule has 1 aliphatic carbocycles. The molecule has 0 atom stereocenters. The van der Waals surface area contributed by atoms with Gasteiger partial charge in [0.05, 0.1) is 0 Å². The Morgan fingerprint density at radius 2 is 1.61 bits per heavy atom. The van der Waals surface area contributed by atoms with Crippen molar-refractivity contribution in [1.82, 2.24) is 4.90 Å². The molecular weight excluding hydrogens is 226 g/mol. The van der Waals surface area contributed by atoms with Gasteiger partial charge in [0.25, 0.3) is 0 Å². The minimum Gasteiger partial charge on any atom is -0.480 e. The van der Waals surface area contributed by atoms with Crippen LogP contribution in [-0.2, 0) is 4.79 Å². The summed E-state index contributed by atoms with van der Waals surface area (Å²) in [5, 5.41) is 9.70. The van der Waals surface area contributed by atoms with Gasteiger partial charge in [-0.3, -0.25) is 9.69 Å². The third-order valence-electron chi connectivity index (χ3n) is 5.04. The van der Waals surface area contributed by atoms with E-state index in [9.17, 15) is 9.90 Å². The molecule has 1 saturated heterocycles. The highest BCUT2D eigenvalue weighted by Gasteiger charge is 2.50. The SMILES string of the molecule is CC(C)(C)C1CN(C2(C(=O)O)CCCCCC2)C1. The van der Waals surface area contributed by atoms with Crippen molar-refractivity contribution in [3.8, 4) is 0 Å². The predicted molar refractivity (Wildman–Crippen MR) is 72.6 cm³/mol. The molecule has 18 heavy (non-hydrogen) atoms. The molecule has 3 heteroatoms. The molecule has 2 aliphatic rings. The Labute approximate surface area is 111 Å². The van der Waals surface area contributed by atoms with Gasteiger partial charge >= 0.3 is 5.97 Å². The van der Waals surface area contributed by atoms with Crippen LogP contribution in [0.1, 0.15) is 59.3 Å². The lowest BCUT2D eigenvalue weighted by Crippen LogP contribution is -2.65. The first-order valence-electron chi connectivity index (χ1n) is 7.35. The van der Waals surface area contributed by atoms with Gasteiger partial charge in [0.15, 0.2) is 0 Å². The van der Waals surface area contributed by atoms with Gasteiger partial charge in [-0.05, 0) is 24.2 Å². The second-order valence-electron chi connectivity index (χ2n) is 7.22. The van der Waals surface area contributed by atoms with Gasteiger partial charge in [0.2, 0.25) is 0 Å². The Morgan fingerprint density at radius 1 is 1.11 bits per heavy atom. The standard InChI is InChI=1S/C15H27NO2/c1-14(2,3)12-10-16(11-12)15(13(17)18)8-6-4-5-7-9-15/h12H,4-11H2,1-3H3,(H,17,18). The normalized spacial score (nSPS) is 26.4. The molecule has 1 saturated carbocycles. The van der Waals surface area contributed by atoms with Crippen molar-refractivity contribution < 1.29 is 9.90 Å². The van der Waals surface area contributed by atoms with E-state index < -0.39 is 11.5 Å². The summed E-state index contributed by atoms with van der Waals surface area (Å²) in [7, 11) is 0. The molecule has 2 fully saturated rings.